The van der Waals surface area contributed by atoms with E-state index >= 15 is 0 Å². The number of halogens is 1. The van der Waals surface area contributed by atoms with Crippen LogP contribution in [0.4, 0.5) is 4.39 Å². The average Bonchev–Trinajstić information content (AvgIpc) is 2.72. The summed E-state index contributed by atoms with van der Waals surface area (Å²) in [5.74, 6) is 0.958. The molecule has 0 aliphatic rings. The van der Waals surface area contributed by atoms with Crippen LogP contribution in [-0.2, 0) is 0 Å². The second-order valence-corrected chi connectivity index (χ2v) is 4.58. The Morgan fingerprint density at radius 3 is 2.89 bits per heavy atom. The standard InChI is InChI=1S/C14H18FN3/c1-9(6-7-16)14-17-10(2)13(18-14)11-4-3-5-12(15)8-11/h3-5,8-9H,6-7,16H2,1-2H3,(H,17,18). The molecule has 4 heteroatoms. The van der Waals surface area contributed by atoms with E-state index in [0.29, 0.717) is 6.54 Å². The third-order valence-corrected chi connectivity index (χ3v) is 3.07. The van der Waals surface area contributed by atoms with E-state index in [1.807, 2.05) is 13.0 Å². The van der Waals surface area contributed by atoms with E-state index in [4.69, 9.17) is 5.73 Å². The number of aromatic nitrogens is 2. The topological polar surface area (TPSA) is 54.7 Å². The second kappa shape index (κ2) is 5.31. The number of nitrogens with zero attached hydrogens (tertiary/aromatic N) is 1. The molecule has 3 nitrogen and oxygen atoms in total. The number of aromatic amines is 1. The highest BCUT2D eigenvalue weighted by Crippen LogP contribution is 2.25. The molecule has 3 N–H and O–H groups in total. The molecule has 0 bridgehead atoms. The van der Waals surface area contributed by atoms with Gasteiger partial charge in [0, 0.05) is 17.2 Å². The molecule has 1 heterocycles. The lowest BCUT2D eigenvalue weighted by Gasteiger charge is -2.05. The van der Waals surface area contributed by atoms with E-state index in [9.17, 15) is 4.39 Å². The van der Waals surface area contributed by atoms with E-state index in [0.717, 1.165) is 29.2 Å². The first-order valence-electron chi connectivity index (χ1n) is 6.14. The van der Waals surface area contributed by atoms with Gasteiger partial charge in [-0.2, -0.15) is 0 Å². The lowest BCUT2D eigenvalue weighted by Crippen LogP contribution is -2.05. The van der Waals surface area contributed by atoms with Gasteiger partial charge in [0.15, 0.2) is 0 Å². The van der Waals surface area contributed by atoms with Gasteiger partial charge in [-0.1, -0.05) is 19.1 Å². The van der Waals surface area contributed by atoms with Gasteiger partial charge in [0.2, 0.25) is 0 Å². The number of benzene rings is 1. The van der Waals surface area contributed by atoms with Crippen molar-refractivity contribution in [1.29, 1.82) is 0 Å². The number of aryl methyl sites for hydroxylation is 1. The minimum atomic E-state index is -0.244. The smallest absolute Gasteiger partial charge is 0.123 e. The van der Waals surface area contributed by atoms with Gasteiger partial charge in [-0.05, 0) is 32.0 Å². The van der Waals surface area contributed by atoms with Crippen LogP contribution in [0, 0.1) is 12.7 Å². The van der Waals surface area contributed by atoms with Gasteiger partial charge < -0.3 is 10.7 Å². The van der Waals surface area contributed by atoms with Crippen molar-refractivity contribution in [3.05, 3.63) is 41.6 Å². The number of rotatable bonds is 4. The summed E-state index contributed by atoms with van der Waals surface area (Å²) in [5, 5.41) is 0. The van der Waals surface area contributed by atoms with Crippen LogP contribution in [0.15, 0.2) is 24.3 Å². The van der Waals surface area contributed by atoms with E-state index in [1.54, 1.807) is 6.07 Å². The summed E-state index contributed by atoms with van der Waals surface area (Å²) < 4.78 is 13.2. The van der Waals surface area contributed by atoms with Crippen LogP contribution in [0.3, 0.4) is 0 Å². The molecule has 0 aliphatic heterocycles. The fourth-order valence-corrected chi connectivity index (χ4v) is 2.02. The van der Waals surface area contributed by atoms with Crippen LogP contribution >= 0.6 is 0 Å². The quantitative estimate of drug-likeness (QED) is 0.872. The zero-order valence-electron chi connectivity index (χ0n) is 10.7. The zero-order valence-corrected chi connectivity index (χ0v) is 10.7. The molecule has 2 aromatic rings. The molecule has 0 radical (unpaired) electrons. The summed E-state index contributed by atoms with van der Waals surface area (Å²) in [7, 11) is 0. The Bertz CT molecular complexity index is 534. The first kappa shape index (κ1) is 12.8. The minimum absolute atomic E-state index is 0.244. The highest BCUT2D eigenvalue weighted by Gasteiger charge is 2.13. The van der Waals surface area contributed by atoms with E-state index < -0.39 is 0 Å². The Morgan fingerprint density at radius 1 is 1.44 bits per heavy atom. The van der Waals surface area contributed by atoms with Crippen molar-refractivity contribution in [2.45, 2.75) is 26.2 Å². The molecule has 0 fully saturated rings. The van der Waals surface area contributed by atoms with Crippen molar-refractivity contribution < 1.29 is 4.39 Å². The highest BCUT2D eigenvalue weighted by atomic mass is 19.1. The van der Waals surface area contributed by atoms with Gasteiger partial charge in [-0.3, -0.25) is 0 Å². The van der Waals surface area contributed by atoms with E-state index in [1.165, 1.54) is 12.1 Å². The molecule has 1 atom stereocenters. The first-order valence-corrected chi connectivity index (χ1v) is 6.14. The molecular formula is C14H18FN3. The largest absolute Gasteiger partial charge is 0.345 e. The van der Waals surface area contributed by atoms with Gasteiger partial charge >= 0.3 is 0 Å². The molecule has 2 rings (SSSR count). The van der Waals surface area contributed by atoms with Crippen LogP contribution in [-0.4, -0.2) is 16.5 Å². The molecule has 96 valence electrons. The summed E-state index contributed by atoms with van der Waals surface area (Å²) in [4.78, 5) is 7.82. The molecule has 1 aromatic heterocycles. The van der Waals surface area contributed by atoms with Crippen LogP contribution in [0.5, 0.6) is 0 Å². The number of nitrogens with one attached hydrogen (secondary N) is 1. The van der Waals surface area contributed by atoms with Crippen molar-refractivity contribution in [3.8, 4) is 11.3 Å². The van der Waals surface area contributed by atoms with Gasteiger partial charge in [-0.15, -0.1) is 0 Å². The predicted octanol–water partition coefficient (Wildman–Crippen LogP) is 2.98. The number of H-pyrrole nitrogens is 1. The molecular weight excluding hydrogens is 229 g/mol. The molecule has 0 saturated carbocycles. The van der Waals surface area contributed by atoms with Crippen LogP contribution in [0.1, 0.15) is 30.8 Å². The molecule has 18 heavy (non-hydrogen) atoms. The maximum atomic E-state index is 13.2. The molecule has 0 aliphatic carbocycles. The highest BCUT2D eigenvalue weighted by molar-refractivity contribution is 5.61. The normalized spacial score (nSPS) is 12.7. The van der Waals surface area contributed by atoms with Gasteiger partial charge in [0.05, 0.1) is 5.69 Å². The Hall–Kier alpha value is -1.68. The van der Waals surface area contributed by atoms with Gasteiger partial charge in [0.25, 0.3) is 0 Å². The third-order valence-electron chi connectivity index (χ3n) is 3.07. The van der Waals surface area contributed by atoms with Gasteiger partial charge in [-0.25, -0.2) is 9.37 Å². The average molecular weight is 247 g/mol. The molecule has 0 spiro atoms. The molecule has 1 aromatic carbocycles. The van der Waals surface area contributed by atoms with Crippen molar-refractivity contribution in [2.75, 3.05) is 6.54 Å². The predicted molar refractivity (Wildman–Crippen MR) is 70.8 cm³/mol. The molecule has 0 amide bonds. The molecule has 0 saturated heterocycles. The fraction of sp³-hybridized carbons (Fsp3) is 0.357. The minimum Gasteiger partial charge on any atom is -0.345 e. The van der Waals surface area contributed by atoms with Crippen molar-refractivity contribution in [1.82, 2.24) is 9.97 Å². The van der Waals surface area contributed by atoms with Crippen LogP contribution < -0.4 is 5.73 Å². The monoisotopic (exact) mass is 247 g/mol. The second-order valence-electron chi connectivity index (χ2n) is 4.58. The Morgan fingerprint density at radius 2 is 2.22 bits per heavy atom. The summed E-state index contributed by atoms with van der Waals surface area (Å²) in [6.07, 6.45) is 0.884. The number of imidazole rings is 1. The number of hydrogen-bond acceptors (Lipinski definition) is 2. The Labute approximate surface area is 106 Å². The SMILES string of the molecule is Cc1[nH]c(C(C)CCN)nc1-c1cccc(F)c1. The third kappa shape index (κ3) is 2.59. The maximum Gasteiger partial charge on any atom is 0.123 e. The molecule has 1 unspecified atom stereocenters. The summed E-state index contributed by atoms with van der Waals surface area (Å²) in [6, 6.07) is 6.50. The number of nitrogens with two attached hydrogens (primary N) is 1. The summed E-state index contributed by atoms with van der Waals surface area (Å²) >= 11 is 0. The van der Waals surface area contributed by atoms with E-state index in [-0.39, 0.29) is 11.7 Å². The number of hydrogen-bond donors (Lipinski definition) is 2. The van der Waals surface area contributed by atoms with Crippen molar-refractivity contribution in [2.24, 2.45) is 5.73 Å². The van der Waals surface area contributed by atoms with Crippen molar-refractivity contribution in [3.63, 3.8) is 0 Å². The summed E-state index contributed by atoms with van der Waals surface area (Å²) in [6.45, 7) is 4.67. The van der Waals surface area contributed by atoms with Crippen molar-refractivity contribution >= 4 is 0 Å². The Balaban J connectivity index is 2.35. The van der Waals surface area contributed by atoms with Crippen LogP contribution in [0.25, 0.3) is 11.3 Å². The fourth-order valence-electron chi connectivity index (χ4n) is 2.02. The van der Waals surface area contributed by atoms with Crippen LogP contribution in [0.2, 0.25) is 0 Å². The lowest BCUT2D eigenvalue weighted by atomic mass is 10.1. The Kier molecular flexibility index (Phi) is 3.77. The summed E-state index contributed by atoms with van der Waals surface area (Å²) in [5.41, 5.74) is 8.12. The van der Waals surface area contributed by atoms with E-state index in [2.05, 4.69) is 16.9 Å². The van der Waals surface area contributed by atoms with Gasteiger partial charge in [0.1, 0.15) is 11.6 Å². The zero-order chi connectivity index (χ0) is 13.1. The lowest BCUT2D eigenvalue weighted by molar-refractivity contribution is 0.628. The maximum absolute atomic E-state index is 13.2. The first-order chi connectivity index (χ1) is 8.61.